The highest BCUT2D eigenvalue weighted by molar-refractivity contribution is 6.02. The van der Waals surface area contributed by atoms with Crippen LogP contribution in [0.4, 0.5) is 0 Å². The van der Waals surface area contributed by atoms with Crippen LogP contribution >= 0.6 is 0 Å². The lowest BCUT2D eigenvalue weighted by Gasteiger charge is -2.35. The van der Waals surface area contributed by atoms with E-state index in [1.54, 1.807) is 19.9 Å². The van der Waals surface area contributed by atoms with Crippen molar-refractivity contribution in [2.45, 2.75) is 39.0 Å². The molecule has 0 spiro atoms. The van der Waals surface area contributed by atoms with Gasteiger partial charge in [0.25, 0.3) is 0 Å². The van der Waals surface area contributed by atoms with E-state index in [2.05, 4.69) is 6.58 Å². The number of allylic oxidation sites excluding steroid dienone is 2. The minimum Gasteiger partial charge on any atom is -0.465 e. The van der Waals surface area contributed by atoms with Crippen molar-refractivity contribution in [3.8, 4) is 0 Å². The maximum absolute atomic E-state index is 13.4. The van der Waals surface area contributed by atoms with Crippen LogP contribution < -0.4 is 0 Å². The number of hydrogen-bond acceptors (Lipinski definition) is 4. The molecular weight excluding hydrogens is 388 g/mol. The smallest absolute Gasteiger partial charge is 0.324 e. The molecule has 2 rings (SSSR count). The lowest BCUT2D eigenvalue weighted by molar-refractivity contribution is -0.174. The fourth-order valence-electron chi connectivity index (χ4n) is 3.73. The molecule has 0 saturated carbocycles. The Morgan fingerprint density at radius 1 is 0.935 bits per heavy atom. The first-order valence-corrected chi connectivity index (χ1v) is 10.8. The minimum atomic E-state index is -1.48. The number of ether oxygens (including phenoxy) is 2. The molecule has 0 aromatic heterocycles. The van der Waals surface area contributed by atoms with Crippen LogP contribution in [-0.2, 0) is 19.1 Å². The first-order valence-electron chi connectivity index (χ1n) is 10.8. The molecule has 0 bridgehead atoms. The van der Waals surface area contributed by atoms with Gasteiger partial charge >= 0.3 is 11.9 Å². The van der Waals surface area contributed by atoms with Crippen molar-refractivity contribution in [1.82, 2.24) is 0 Å². The predicted octanol–water partition coefficient (Wildman–Crippen LogP) is 5.95. The number of unbranched alkanes of at least 4 members (excludes halogenated alkanes) is 1. The summed E-state index contributed by atoms with van der Waals surface area (Å²) in [5, 5.41) is 0. The molecule has 4 nitrogen and oxygen atoms in total. The van der Waals surface area contributed by atoms with Gasteiger partial charge in [0.2, 0.25) is 0 Å². The van der Waals surface area contributed by atoms with E-state index in [4.69, 9.17) is 9.47 Å². The highest BCUT2D eigenvalue weighted by Crippen LogP contribution is 2.44. The fraction of sp³-hybridized carbons (Fsp3) is 0.333. The molecule has 0 fully saturated rings. The summed E-state index contributed by atoms with van der Waals surface area (Å²) in [4.78, 5) is 26.8. The summed E-state index contributed by atoms with van der Waals surface area (Å²) in [7, 11) is 0. The molecule has 164 valence electrons. The first kappa shape index (κ1) is 24.1. The van der Waals surface area contributed by atoms with Crippen molar-refractivity contribution in [3.05, 3.63) is 90.5 Å². The molecule has 0 amide bonds. The first-order chi connectivity index (χ1) is 15.1. The van der Waals surface area contributed by atoms with Crippen LogP contribution in [-0.4, -0.2) is 25.2 Å². The Morgan fingerprint density at radius 2 is 1.48 bits per heavy atom. The third-order valence-electron chi connectivity index (χ3n) is 5.23. The molecule has 0 N–H and O–H groups in total. The molecule has 1 unspecified atom stereocenters. The Bertz CT molecular complexity index is 837. The van der Waals surface area contributed by atoms with Gasteiger partial charge in [0.1, 0.15) is 0 Å². The lowest BCUT2D eigenvalue weighted by Crippen LogP contribution is -2.46. The van der Waals surface area contributed by atoms with Gasteiger partial charge < -0.3 is 9.47 Å². The molecular formula is C27H32O4. The molecule has 0 radical (unpaired) electrons. The Balaban J connectivity index is 2.66. The minimum absolute atomic E-state index is 0.186. The summed E-state index contributed by atoms with van der Waals surface area (Å²) in [5.41, 5.74) is 0.354. The molecule has 0 aliphatic rings. The number of carbonyl (C=O) groups excluding carboxylic acids is 2. The second-order valence-electron chi connectivity index (χ2n) is 7.25. The number of esters is 2. The molecule has 2 aromatic carbocycles. The molecule has 31 heavy (non-hydrogen) atoms. The van der Waals surface area contributed by atoms with Gasteiger partial charge in [0.05, 0.1) is 13.2 Å². The van der Waals surface area contributed by atoms with E-state index in [-0.39, 0.29) is 13.2 Å². The molecule has 0 aliphatic carbocycles. The molecule has 0 heterocycles. The van der Waals surface area contributed by atoms with Gasteiger partial charge in [0, 0.05) is 5.92 Å². The summed E-state index contributed by atoms with van der Waals surface area (Å²) < 4.78 is 10.9. The summed E-state index contributed by atoms with van der Waals surface area (Å²) in [5.74, 6) is -1.65. The van der Waals surface area contributed by atoms with E-state index in [1.807, 2.05) is 72.8 Å². The van der Waals surface area contributed by atoms with Crippen LogP contribution in [0.5, 0.6) is 0 Å². The predicted molar refractivity (Wildman–Crippen MR) is 124 cm³/mol. The molecule has 1 atom stereocenters. The van der Waals surface area contributed by atoms with Crippen molar-refractivity contribution < 1.29 is 19.1 Å². The Morgan fingerprint density at radius 3 is 2.00 bits per heavy atom. The Labute approximate surface area is 185 Å². The number of benzene rings is 2. The maximum Gasteiger partial charge on any atom is 0.324 e. The largest absolute Gasteiger partial charge is 0.465 e. The van der Waals surface area contributed by atoms with E-state index in [0.717, 1.165) is 11.1 Å². The monoisotopic (exact) mass is 420 g/mol. The summed E-state index contributed by atoms with van der Waals surface area (Å²) in [6.07, 6.45) is 7.26. The quantitative estimate of drug-likeness (QED) is 0.184. The van der Waals surface area contributed by atoms with Gasteiger partial charge in [0.15, 0.2) is 5.41 Å². The van der Waals surface area contributed by atoms with Gasteiger partial charge in [-0.25, -0.2) is 0 Å². The van der Waals surface area contributed by atoms with Gasteiger partial charge in [-0.3, -0.25) is 9.59 Å². The van der Waals surface area contributed by atoms with Crippen LogP contribution in [0.2, 0.25) is 0 Å². The summed E-state index contributed by atoms with van der Waals surface area (Å²) in [6, 6.07) is 19.4. The normalized spacial score (nSPS) is 12.3. The zero-order valence-electron chi connectivity index (χ0n) is 18.5. The van der Waals surface area contributed by atoms with Crippen LogP contribution in [0, 0.1) is 5.41 Å². The zero-order chi connectivity index (χ0) is 22.5. The highest BCUT2D eigenvalue weighted by atomic mass is 16.6. The van der Waals surface area contributed by atoms with Gasteiger partial charge in [-0.05, 0) is 44.2 Å². The van der Waals surface area contributed by atoms with E-state index < -0.39 is 23.3 Å². The van der Waals surface area contributed by atoms with Gasteiger partial charge in [-0.2, -0.15) is 0 Å². The topological polar surface area (TPSA) is 52.6 Å². The number of rotatable bonds is 12. The Hall–Kier alpha value is -3.14. The average Bonchev–Trinajstić information content (AvgIpc) is 2.79. The van der Waals surface area contributed by atoms with Crippen molar-refractivity contribution in [2.24, 2.45) is 5.41 Å². The standard InChI is InChI=1S/C27H32O4/c1-4-7-14-21-27(25(28)30-5-2,26(29)31-6-3)24(23-17-12-9-13-18-23)20-19-22-15-10-8-11-16-22/h4,8-13,15-20,24H,1,5-7,14,21H2,2-3H3/b20-19+. The summed E-state index contributed by atoms with van der Waals surface area (Å²) >= 11 is 0. The van der Waals surface area contributed by atoms with E-state index >= 15 is 0 Å². The fourth-order valence-corrected chi connectivity index (χ4v) is 3.73. The zero-order valence-corrected chi connectivity index (χ0v) is 18.5. The van der Waals surface area contributed by atoms with Crippen molar-refractivity contribution in [1.29, 1.82) is 0 Å². The third kappa shape index (κ3) is 6.17. The van der Waals surface area contributed by atoms with Gasteiger partial charge in [-0.15, -0.1) is 6.58 Å². The van der Waals surface area contributed by atoms with E-state index in [9.17, 15) is 9.59 Å². The van der Waals surface area contributed by atoms with E-state index in [1.165, 1.54) is 0 Å². The van der Waals surface area contributed by atoms with Crippen molar-refractivity contribution in [2.75, 3.05) is 13.2 Å². The van der Waals surface area contributed by atoms with Crippen molar-refractivity contribution in [3.63, 3.8) is 0 Å². The van der Waals surface area contributed by atoms with Crippen LogP contribution in [0.15, 0.2) is 79.4 Å². The van der Waals surface area contributed by atoms with Crippen LogP contribution in [0.3, 0.4) is 0 Å². The third-order valence-corrected chi connectivity index (χ3v) is 5.23. The lowest BCUT2D eigenvalue weighted by atomic mass is 9.68. The second-order valence-corrected chi connectivity index (χ2v) is 7.25. The number of hydrogen-bond donors (Lipinski definition) is 0. The maximum atomic E-state index is 13.4. The Kier molecular flexibility index (Phi) is 9.76. The molecule has 4 heteroatoms. The molecule has 0 aliphatic heterocycles. The average molecular weight is 421 g/mol. The van der Waals surface area contributed by atoms with Crippen molar-refractivity contribution >= 4 is 18.0 Å². The summed E-state index contributed by atoms with van der Waals surface area (Å²) in [6.45, 7) is 7.64. The van der Waals surface area contributed by atoms with Crippen LogP contribution in [0.1, 0.15) is 50.2 Å². The molecule has 2 aromatic rings. The SMILES string of the molecule is C=CCCCC(C(=O)OCC)(C(=O)OCC)C(/C=C/c1ccccc1)c1ccccc1. The van der Waals surface area contributed by atoms with E-state index in [0.29, 0.717) is 19.3 Å². The van der Waals surface area contributed by atoms with Crippen LogP contribution in [0.25, 0.3) is 6.08 Å². The molecule has 0 saturated heterocycles. The highest BCUT2D eigenvalue weighted by Gasteiger charge is 2.54. The van der Waals surface area contributed by atoms with Gasteiger partial charge in [-0.1, -0.05) is 78.9 Å². The number of carbonyl (C=O) groups is 2. The second kappa shape index (κ2) is 12.5.